The van der Waals surface area contributed by atoms with Crippen molar-refractivity contribution in [3.8, 4) is 0 Å². The lowest BCUT2D eigenvalue weighted by Gasteiger charge is -2.34. The van der Waals surface area contributed by atoms with Crippen molar-refractivity contribution in [3.63, 3.8) is 0 Å². The van der Waals surface area contributed by atoms with Crippen molar-refractivity contribution in [2.45, 2.75) is 33.1 Å². The number of benzene rings is 1. The van der Waals surface area contributed by atoms with Gasteiger partial charge in [-0.15, -0.1) is 0 Å². The van der Waals surface area contributed by atoms with Crippen molar-refractivity contribution >= 4 is 21.8 Å². The standard InChI is InChI=1S/C18H26BrFN2O/c1-13-9-14(2)12-22(11-13)8-4-3-7-21-18(23)16-10-15(20)5-6-17(16)19/h5-6,10,13-14H,3-4,7-9,11-12H2,1-2H3,(H,21,23). The van der Waals surface area contributed by atoms with Crippen molar-refractivity contribution < 1.29 is 9.18 Å². The van der Waals surface area contributed by atoms with E-state index in [0.717, 1.165) is 31.2 Å². The molecular formula is C18H26BrFN2O. The first kappa shape index (κ1) is 18.4. The molecule has 1 amide bonds. The van der Waals surface area contributed by atoms with Gasteiger partial charge in [0.2, 0.25) is 0 Å². The number of carbonyl (C=O) groups is 1. The first-order valence-electron chi connectivity index (χ1n) is 8.41. The highest BCUT2D eigenvalue weighted by Crippen LogP contribution is 2.21. The summed E-state index contributed by atoms with van der Waals surface area (Å²) < 4.78 is 13.8. The molecule has 0 aromatic heterocycles. The summed E-state index contributed by atoms with van der Waals surface area (Å²) in [6, 6.07) is 4.15. The molecule has 1 aliphatic heterocycles. The predicted molar refractivity (Wildman–Crippen MR) is 95.1 cm³/mol. The summed E-state index contributed by atoms with van der Waals surface area (Å²) in [7, 11) is 0. The van der Waals surface area contributed by atoms with Crippen LogP contribution in [0.1, 0.15) is 43.5 Å². The molecule has 1 fully saturated rings. The van der Waals surface area contributed by atoms with Gasteiger partial charge in [-0.3, -0.25) is 4.79 Å². The fraction of sp³-hybridized carbons (Fsp3) is 0.611. The molecule has 0 bridgehead atoms. The second kappa shape index (κ2) is 8.78. The fourth-order valence-electron chi connectivity index (χ4n) is 3.40. The number of amides is 1. The van der Waals surface area contributed by atoms with Crippen LogP contribution in [0, 0.1) is 17.7 Å². The van der Waals surface area contributed by atoms with Crippen LogP contribution in [0.4, 0.5) is 4.39 Å². The van der Waals surface area contributed by atoms with Crippen molar-refractivity contribution in [2.24, 2.45) is 11.8 Å². The molecule has 2 atom stereocenters. The molecule has 1 aliphatic rings. The van der Waals surface area contributed by atoms with E-state index in [1.54, 1.807) is 6.07 Å². The Morgan fingerprint density at radius 2 is 2.00 bits per heavy atom. The van der Waals surface area contributed by atoms with Gasteiger partial charge in [-0.2, -0.15) is 0 Å². The number of piperidine rings is 1. The minimum Gasteiger partial charge on any atom is -0.352 e. The number of hydrogen-bond donors (Lipinski definition) is 1. The lowest BCUT2D eigenvalue weighted by Crippen LogP contribution is -2.39. The maximum atomic E-state index is 13.2. The number of carbonyl (C=O) groups excluding carboxylic acids is 1. The first-order valence-corrected chi connectivity index (χ1v) is 9.20. The van der Waals surface area contributed by atoms with E-state index >= 15 is 0 Å². The minimum absolute atomic E-state index is 0.225. The monoisotopic (exact) mass is 384 g/mol. The zero-order valence-corrected chi connectivity index (χ0v) is 15.5. The van der Waals surface area contributed by atoms with E-state index in [1.807, 2.05) is 0 Å². The Balaban J connectivity index is 1.67. The maximum Gasteiger partial charge on any atom is 0.252 e. The summed E-state index contributed by atoms with van der Waals surface area (Å²) in [5.74, 6) is 0.941. The van der Waals surface area contributed by atoms with E-state index in [9.17, 15) is 9.18 Å². The number of hydrogen-bond acceptors (Lipinski definition) is 2. The Kier molecular flexibility index (Phi) is 7.03. The average Bonchev–Trinajstić information content (AvgIpc) is 2.48. The lowest BCUT2D eigenvalue weighted by molar-refractivity contribution is 0.0950. The number of nitrogens with zero attached hydrogens (tertiary/aromatic N) is 1. The fourth-order valence-corrected chi connectivity index (χ4v) is 3.83. The molecular weight excluding hydrogens is 359 g/mol. The van der Waals surface area contributed by atoms with Gasteiger partial charge in [-0.25, -0.2) is 4.39 Å². The molecule has 0 aliphatic carbocycles. The number of likely N-dealkylation sites (tertiary alicyclic amines) is 1. The molecule has 0 spiro atoms. The summed E-state index contributed by atoms with van der Waals surface area (Å²) in [4.78, 5) is 14.6. The maximum absolute atomic E-state index is 13.2. The van der Waals surface area contributed by atoms with E-state index in [4.69, 9.17) is 0 Å². The average molecular weight is 385 g/mol. The summed E-state index contributed by atoms with van der Waals surface area (Å²) in [5.41, 5.74) is 0.351. The smallest absolute Gasteiger partial charge is 0.252 e. The summed E-state index contributed by atoms with van der Waals surface area (Å²) in [5, 5.41) is 2.87. The molecule has 128 valence electrons. The van der Waals surface area contributed by atoms with Crippen LogP contribution in [0.15, 0.2) is 22.7 Å². The van der Waals surface area contributed by atoms with E-state index in [0.29, 0.717) is 16.6 Å². The van der Waals surface area contributed by atoms with Gasteiger partial charge >= 0.3 is 0 Å². The van der Waals surface area contributed by atoms with Gasteiger partial charge in [0.15, 0.2) is 0 Å². The van der Waals surface area contributed by atoms with E-state index in [1.165, 1.54) is 31.6 Å². The van der Waals surface area contributed by atoms with E-state index < -0.39 is 5.82 Å². The third-order valence-corrected chi connectivity index (χ3v) is 5.00. The molecule has 0 radical (unpaired) electrons. The first-order chi connectivity index (χ1) is 11.0. The van der Waals surface area contributed by atoms with E-state index in [-0.39, 0.29) is 5.91 Å². The van der Waals surface area contributed by atoms with Crippen LogP contribution >= 0.6 is 15.9 Å². The Morgan fingerprint density at radius 1 is 1.30 bits per heavy atom. The number of rotatable bonds is 6. The molecule has 1 aromatic rings. The number of halogens is 2. The van der Waals surface area contributed by atoms with Gasteiger partial charge in [0, 0.05) is 24.1 Å². The SMILES string of the molecule is CC1CC(C)CN(CCCCNC(=O)c2cc(F)ccc2Br)C1. The predicted octanol–water partition coefficient (Wildman–Crippen LogP) is 4.08. The Bertz CT molecular complexity index is 528. The van der Waals surface area contributed by atoms with Crippen molar-refractivity contribution in [1.82, 2.24) is 10.2 Å². The lowest BCUT2D eigenvalue weighted by atomic mass is 9.92. The highest BCUT2D eigenvalue weighted by Gasteiger charge is 2.21. The van der Waals surface area contributed by atoms with Crippen LogP contribution < -0.4 is 5.32 Å². The molecule has 2 rings (SSSR count). The Hall–Kier alpha value is -0.940. The molecule has 1 aromatic carbocycles. The quantitative estimate of drug-likeness (QED) is 0.749. The third-order valence-electron chi connectivity index (χ3n) is 4.30. The molecule has 1 N–H and O–H groups in total. The van der Waals surface area contributed by atoms with Crippen LogP contribution in [0.2, 0.25) is 0 Å². The van der Waals surface area contributed by atoms with Gasteiger partial charge in [0.05, 0.1) is 5.56 Å². The summed E-state index contributed by atoms with van der Waals surface area (Å²) in [6.07, 6.45) is 3.34. The molecule has 23 heavy (non-hydrogen) atoms. The zero-order chi connectivity index (χ0) is 16.8. The van der Waals surface area contributed by atoms with Crippen LogP contribution in [0.3, 0.4) is 0 Å². The van der Waals surface area contributed by atoms with Crippen molar-refractivity contribution in [2.75, 3.05) is 26.2 Å². The summed E-state index contributed by atoms with van der Waals surface area (Å²) in [6.45, 7) is 8.73. The zero-order valence-electron chi connectivity index (χ0n) is 13.9. The summed E-state index contributed by atoms with van der Waals surface area (Å²) >= 11 is 3.28. The van der Waals surface area contributed by atoms with Crippen molar-refractivity contribution in [1.29, 1.82) is 0 Å². The van der Waals surface area contributed by atoms with Gasteiger partial charge < -0.3 is 10.2 Å². The highest BCUT2D eigenvalue weighted by atomic mass is 79.9. The molecule has 0 saturated carbocycles. The Morgan fingerprint density at radius 3 is 2.70 bits per heavy atom. The van der Waals surface area contributed by atoms with Crippen LogP contribution in [-0.2, 0) is 0 Å². The molecule has 1 saturated heterocycles. The second-order valence-electron chi connectivity index (χ2n) is 6.79. The Labute approximate surface area is 146 Å². The topological polar surface area (TPSA) is 32.3 Å². The van der Waals surface area contributed by atoms with Gasteiger partial charge in [0.1, 0.15) is 5.82 Å². The molecule has 3 nitrogen and oxygen atoms in total. The van der Waals surface area contributed by atoms with Crippen LogP contribution in [0.25, 0.3) is 0 Å². The number of unbranched alkanes of at least 4 members (excludes halogenated alkanes) is 1. The van der Waals surface area contributed by atoms with Gasteiger partial charge in [0.25, 0.3) is 5.91 Å². The largest absolute Gasteiger partial charge is 0.352 e. The normalized spacial score (nSPS) is 22.1. The highest BCUT2D eigenvalue weighted by molar-refractivity contribution is 9.10. The third kappa shape index (κ3) is 5.88. The van der Waals surface area contributed by atoms with Gasteiger partial charge in [-0.1, -0.05) is 13.8 Å². The molecule has 2 unspecified atom stereocenters. The van der Waals surface area contributed by atoms with Crippen LogP contribution in [-0.4, -0.2) is 37.0 Å². The molecule has 5 heteroatoms. The second-order valence-corrected chi connectivity index (χ2v) is 7.65. The van der Waals surface area contributed by atoms with Gasteiger partial charge in [-0.05, 0) is 71.8 Å². The van der Waals surface area contributed by atoms with Crippen LogP contribution in [0.5, 0.6) is 0 Å². The van der Waals surface area contributed by atoms with Crippen molar-refractivity contribution in [3.05, 3.63) is 34.1 Å². The molecule has 1 heterocycles. The minimum atomic E-state index is -0.397. The van der Waals surface area contributed by atoms with E-state index in [2.05, 4.69) is 40.0 Å². The number of nitrogens with one attached hydrogen (secondary N) is 1.